The number of hydrogen-bond acceptors (Lipinski definition) is 5. The molecule has 0 aliphatic heterocycles. The van der Waals surface area contributed by atoms with Crippen LogP contribution in [0.1, 0.15) is 40.8 Å². The van der Waals surface area contributed by atoms with E-state index in [1.807, 2.05) is 97.1 Å². The monoisotopic (exact) mass is 587 g/mol. The van der Waals surface area contributed by atoms with Crippen LogP contribution in [0.15, 0.2) is 133 Å². The minimum Gasteiger partial charge on any atom is -0.497 e. The number of rotatable bonds is 15. The van der Waals surface area contributed by atoms with Gasteiger partial charge in [-0.3, -0.25) is 4.90 Å². The number of ether oxygens (including phenoxy) is 3. The Bertz CT molecular complexity index is 1480. The van der Waals surface area contributed by atoms with Crippen LogP contribution >= 0.6 is 0 Å². The Kier molecular flexibility index (Phi) is 11.1. The van der Waals surface area contributed by atoms with Gasteiger partial charge in [-0.15, -0.1) is 0 Å². The third-order valence-electron chi connectivity index (χ3n) is 7.73. The molecule has 0 aliphatic rings. The zero-order chi connectivity index (χ0) is 30.6. The van der Waals surface area contributed by atoms with Crippen LogP contribution < -0.4 is 14.2 Å². The standard InChI is InChI=1S/C39H41NO4/c1-30(22-31-18-20-36(42-2)21-19-31)40(26-32-12-6-3-7-13-32)27-39(41)35-23-37(43-28-33-14-8-4-9-15-33)25-38(24-35)44-29-34-16-10-5-11-17-34/h3-21,23-25,30,39,41H,22,26-29H2,1-2H3/t30-,39+/m1/s1. The van der Waals surface area contributed by atoms with Crippen LogP contribution in [0.25, 0.3) is 0 Å². The van der Waals surface area contributed by atoms with Crippen LogP contribution in [0.3, 0.4) is 0 Å². The Balaban J connectivity index is 1.36. The summed E-state index contributed by atoms with van der Waals surface area (Å²) < 4.78 is 17.8. The van der Waals surface area contributed by atoms with Crippen LogP contribution in [0, 0.1) is 0 Å². The molecule has 1 N–H and O–H groups in total. The lowest BCUT2D eigenvalue weighted by molar-refractivity contribution is 0.0854. The molecule has 0 spiro atoms. The molecule has 2 atom stereocenters. The largest absolute Gasteiger partial charge is 0.497 e. The maximum absolute atomic E-state index is 11.7. The summed E-state index contributed by atoms with van der Waals surface area (Å²) in [5, 5.41) is 11.7. The Morgan fingerprint density at radius 1 is 0.591 bits per heavy atom. The van der Waals surface area contributed by atoms with E-state index in [0.29, 0.717) is 31.3 Å². The second-order valence-electron chi connectivity index (χ2n) is 11.1. The van der Waals surface area contributed by atoms with Crippen molar-refractivity contribution in [3.05, 3.63) is 161 Å². The first kappa shape index (κ1) is 30.9. The van der Waals surface area contributed by atoms with E-state index >= 15 is 0 Å². The van der Waals surface area contributed by atoms with Crippen LogP contribution in [-0.2, 0) is 26.2 Å². The first-order valence-corrected chi connectivity index (χ1v) is 15.1. The van der Waals surface area contributed by atoms with Gasteiger partial charge in [0.15, 0.2) is 0 Å². The molecule has 5 heteroatoms. The minimum atomic E-state index is -0.753. The van der Waals surface area contributed by atoms with Crippen molar-refractivity contribution >= 4 is 0 Å². The molecule has 44 heavy (non-hydrogen) atoms. The van der Waals surface area contributed by atoms with Gasteiger partial charge in [-0.05, 0) is 65.4 Å². The topological polar surface area (TPSA) is 51.2 Å². The van der Waals surface area contributed by atoms with Crippen molar-refractivity contribution in [2.45, 2.75) is 45.2 Å². The SMILES string of the molecule is COc1ccc(C[C@@H](C)N(Cc2ccccc2)C[C@H](O)c2cc(OCc3ccccc3)cc(OCc3ccccc3)c2)cc1. The highest BCUT2D eigenvalue weighted by molar-refractivity contribution is 5.40. The van der Waals surface area contributed by atoms with Gasteiger partial charge in [0.1, 0.15) is 30.5 Å². The molecule has 0 amide bonds. The number of hydrogen-bond donors (Lipinski definition) is 1. The number of aliphatic hydroxyl groups excluding tert-OH is 1. The summed E-state index contributed by atoms with van der Waals surface area (Å²) >= 11 is 0. The molecule has 0 fully saturated rings. The lowest BCUT2D eigenvalue weighted by Gasteiger charge is -2.31. The first-order valence-electron chi connectivity index (χ1n) is 15.1. The molecular weight excluding hydrogens is 546 g/mol. The molecule has 0 bridgehead atoms. The van der Waals surface area contributed by atoms with Gasteiger partial charge in [0, 0.05) is 25.2 Å². The quantitative estimate of drug-likeness (QED) is 0.134. The van der Waals surface area contributed by atoms with Gasteiger partial charge in [-0.2, -0.15) is 0 Å². The maximum Gasteiger partial charge on any atom is 0.123 e. The zero-order valence-corrected chi connectivity index (χ0v) is 25.5. The van der Waals surface area contributed by atoms with Crippen LogP contribution in [0.2, 0.25) is 0 Å². The average molecular weight is 588 g/mol. The van der Waals surface area contributed by atoms with Crippen molar-refractivity contribution in [3.63, 3.8) is 0 Å². The summed E-state index contributed by atoms with van der Waals surface area (Å²) in [4.78, 5) is 2.34. The first-order chi connectivity index (χ1) is 21.6. The normalized spacial score (nSPS) is 12.5. The van der Waals surface area contributed by atoms with Crippen molar-refractivity contribution in [1.82, 2.24) is 4.90 Å². The summed E-state index contributed by atoms with van der Waals surface area (Å²) in [6.45, 7) is 4.24. The Morgan fingerprint density at radius 2 is 1.09 bits per heavy atom. The zero-order valence-electron chi connectivity index (χ0n) is 25.5. The Labute approximate surface area is 261 Å². The van der Waals surface area contributed by atoms with Gasteiger partial charge in [0.2, 0.25) is 0 Å². The van der Waals surface area contributed by atoms with Crippen molar-refractivity contribution in [3.8, 4) is 17.2 Å². The third kappa shape index (κ3) is 9.21. The summed E-state index contributed by atoms with van der Waals surface area (Å²) in [5.74, 6) is 2.17. The van der Waals surface area contributed by atoms with E-state index in [4.69, 9.17) is 14.2 Å². The van der Waals surface area contributed by atoms with Crippen molar-refractivity contribution < 1.29 is 19.3 Å². The number of aliphatic hydroxyl groups is 1. The molecule has 0 unspecified atom stereocenters. The summed E-state index contributed by atoms with van der Waals surface area (Å²) in [7, 11) is 1.68. The molecule has 0 aromatic heterocycles. The van der Waals surface area contributed by atoms with Crippen molar-refractivity contribution in [1.29, 1.82) is 0 Å². The number of nitrogens with zero attached hydrogens (tertiary/aromatic N) is 1. The van der Waals surface area contributed by atoms with Gasteiger partial charge in [-0.25, -0.2) is 0 Å². The smallest absolute Gasteiger partial charge is 0.123 e. The van der Waals surface area contributed by atoms with Gasteiger partial charge in [-0.1, -0.05) is 103 Å². The maximum atomic E-state index is 11.7. The molecule has 0 saturated carbocycles. The third-order valence-corrected chi connectivity index (χ3v) is 7.73. The van der Waals surface area contributed by atoms with E-state index in [2.05, 4.69) is 48.2 Å². The molecule has 226 valence electrons. The highest BCUT2D eigenvalue weighted by Crippen LogP contribution is 2.30. The van der Waals surface area contributed by atoms with E-state index in [-0.39, 0.29) is 6.04 Å². The van der Waals surface area contributed by atoms with Crippen LogP contribution in [-0.4, -0.2) is 29.7 Å². The van der Waals surface area contributed by atoms with Gasteiger partial charge >= 0.3 is 0 Å². The van der Waals surface area contributed by atoms with Crippen molar-refractivity contribution in [2.75, 3.05) is 13.7 Å². The Morgan fingerprint density at radius 3 is 1.59 bits per heavy atom. The van der Waals surface area contributed by atoms with Crippen LogP contribution in [0.5, 0.6) is 17.2 Å². The van der Waals surface area contributed by atoms with E-state index in [1.54, 1.807) is 7.11 Å². The second-order valence-corrected chi connectivity index (χ2v) is 11.1. The molecule has 0 saturated heterocycles. The summed E-state index contributed by atoms with van der Waals surface area (Å²) in [6, 6.07) is 44.7. The van der Waals surface area contributed by atoms with Crippen molar-refractivity contribution in [2.24, 2.45) is 0 Å². The van der Waals surface area contributed by atoms with Gasteiger partial charge in [0.05, 0.1) is 13.2 Å². The summed E-state index contributed by atoms with van der Waals surface area (Å²) in [5.41, 5.74) is 5.33. The molecule has 5 aromatic carbocycles. The average Bonchev–Trinajstić information content (AvgIpc) is 3.07. The lowest BCUT2D eigenvalue weighted by Crippen LogP contribution is -2.37. The predicted molar refractivity (Wildman–Crippen MR) is 176 cm³/mol. The van der Waals surface area contributed by atoms with E-state index in [9.17, 15) is 5.11 Å². The fraction of sp³-hybridized carbons (Fsp3) is 0.231. The molecular formula is C39H41NO4. The van der Waals surface area contributed by atoms with E-state index < -0.39 is 6.10 Å². The minimum absolute atomic E-state index is 0.171. The highest BCUT2D eigenvalue weighted by atomic mass is 16.5. The molecule has 0 aliphatic carbocycles. The lowest BCUT2D eigenvalue weighted by atomic mass is 10.0. The number of methoxy groups -OCH3 is 1. The van der Waals surface area contributed by atoms with Gasteiger partial charge in [0.25, 0.3) is 0 Å². The predicted octanol–water partition coefficient (Wildman–Crippen LogP) is 8.02. The summed E-state index contributed by atoms with van der Waals surface area (Å²) in [6.07, 6.45) is 0.0891. The molecule has 5 nitrogen and oxygen atoms in total. The van der Waals surface area contributed by atoms with E-state index in [1.165, 1.54) is 11.1 Å². The molecule has 5 aromatic rings. The fourth-order valence-corrected chi connectivity index (χ4v) is 5.21. The van der Waals surface area contributed by atoms with E-state index in [0.717, 1.165) is 35.4 Å². The highest BCUT2D eigenvalue weighted by Gasteiger charge is 2.21. The number of benzene rings is 5. The van der Waals surface area contributed by atoms with Gasteiger partial charge < -0.3 is 19.3 Å². The Hall–Kier alpha value is -4.58. The molecule has 5 rings (SSSR count). The van der Waals surface area contributed by atoms with Crippen LogP contribution in [0.4, 0.5) is 0 Å². The molecule has 0 heterocycles. The fourth-order valence-electron chi connectivity index (χ4n) is 5.21. The second kappa shape index (κ2) is 15.8. The molecule has 0 radical (unpaired) electrons.